The molecule has 1 aromatic rings. The Kier molecular flexibility index (Phi) is 5.03. The Labute approximate surface area is 135 Å². The Morgan fingerprint density at radius 3 is 2.48 bits per heavy atom. The summed E-state index contributed by atoms with van der Waals surface area (Å²) in [7, 11) is 0. The Morgan fingerprint density at radius 2 is 1.91 bits per heavy atom. The first-order valence-electron chi connectivity index (χ1n) is 7.73. The lowest BCUT2D eigenvalue weighted by Gasteiger charge is -2.29. The first kappa shape index (κ1) is 17.0. The Bertz CT molecular complexity index is 627. The van der Waals surface area contributed by atoms with Gasteiger partial charge < -0.3 is 15.3 Å². The highest BCUT2D eigenvalue weighted by atomic mass is 16.4. The third-order valence-corrected chi connectivity index (χ3v) is 3.95. The average molecular weight is 318 g/mol. The van der Waals surface area contributed by atoms with Gasteiger partial charge in [-0.15, -0.1) is 0 Å². The number of nitrogens with zero attached hydrogens (tertiary/aromatic N) is 1. The summed E-state index contributed by atoms with van der Waals surface area (Å²) in [5.74, 6) is -1.50. The molecule has 124 valence electrons. The summed E-state index contributed by atoms with van der Waals surface area (Å²) in [6.07, 6.45) is 0.484. The van der Waals surface area contributed by atoms with E-state index in [2.05, 4.69) is 5.32 Å². The summed E-state index contributed by atoms with van der Waals surface area (Å²) >= 11 is 0. The molecule has 0 saturated heterocycles. The van der Waals surface area contributed by atoms with E-state index in [1.54, 1.807) is 12.1 Å². The number of hydrogen-bond acceptors (Lipinski definition) is 3. The van der Waals surface area contributed by atoms with Gasteiger partial charge in [0, 0.05) is 12.1 Å². The predicted molar refractivity (Wildman–Crippen MR) is 84.8 cm³/mol. The molecule has 6 heteroatoms. The third-order valence-electron chi connectivity index (χ3n) is 3.95. The van der Waals surface area contributed by atoms with E-state index in [1.807, 2.05) is 26.0 Å². The Morgan fingerprint density at radius 1 is 1.26 bits per heavy atom. The van der Waals surface area contributed by atoms with Crippen LogP contribution in [0.25, 0.3) is 0 Å². The molecule has 0 aromatic heterocycles. The van der Waals surface area contributed by atoms with Gasteiger partial charge in [0.15, 0.2) is 0 Å². The first-order chi connectivity index (χ1) is 10.8. The van der Waals surface area contributed by atoms with Gasteiger partial charge in [-0.3, -0.25) is 14.4 Å². The first-order valence-corrected chi connectivity index (χ1v) is 7.73. The number of benzene rings is 1. The zero-order valence-electron chi connectivity index (χ0n) is 13.6. The number of nitrogens with one attached hydrogen (secondary N) is 1. The molecular formula is C17H22N2O4. The van der Waals surface area contributed by atoms with E-state index in [-0.39, 0.29) is 11.8 Å². The number of hydrogen-bond donors (Lipinski definition) is 2. The fraction of sp³-hybridized carbons (Fsp3) is 0.471. The molecule has 2 rings (SSSR count). The average Bonchev–Trinajstić information content (AvgIpc) is 2.81. The minimum atomic E-state index is -1.10. The number of carboxylic acid groups (broad SMARTS) is 1. The van der Waals surface area contributed by atoms with Crippen molar-refractivity contribution >= 4 is 17.8 Å². The number of carboxylic acids is 1. The van der Waals surface area contributed by atoms with Crippen LogP contribution in [-0.4, -0.2) is 39.9 Å². The molecule has 0 unspecified atom stereocenters. The monoisotopic (exact) mass is 318 g/mol. The van der Waals surface area contributed by atoms with Crippen molar-refractivity contribution in [1.82, 2.24) is 10.2 Å². The highest BCUT2D eigenvalue weighted by molar-refractivity contribution is 6.01. The topological polar surface area (TPSA) is 86.7 Å². The molecule has 2 atom stereocenters. The predicted octanol–water partition coefficient (Wildman–Crippen LogP) is 1.65. The second kappa shape index (κ2) is 6.81. The van der Waals surface area contributed by atoms with Crippen molar-refractivity contribution in [1.29, 1.82) is 0 Å². The summed E-state index contributed by atoms with van der Waals surface area (Å²) in [5.41, 5.74) is 1.51. The van der Waals surface area contributed by atoms with Crippen LogP contribution in [0, 0.1) is 5.92 Å². The van der Waals surface area contributed by atoms with E-state index in [4.69, 9.17) is 5.11 Å². The zero-order chi connectivity index (χ0) is 17.1. The maximum Gasteiger partial charge on any atom is 0.325 e. The fourth-order valence-electron chi connectivity index (χ4n) is 2.72. The SMILES string of the molecule is CC(C)C[C@@H](C(=O)N[C@@H](C)C(=O)O)N1Cc2ccccc2C1=O. The molecule has 1 aliphatic rings. The van der Waals surface area contributed by atoms with E-state index in [9.17, 15) is 14.4 Å². The van der Waals surface area contributed by atoms with E-state index in [0.29, 0.717) is 18.5 Å². The maximum atomic E-state index is 12.6. The number of rotatable bonds is 6. The van der Waals surface area contributed by atoms with Crippen molar-refractivity contribution in [3.05, 3.63) is 35.4 Å². The highest BCUT2D eigenvalue weighted by Gasteiger charge is 2.37. The molecule has 1 aliphatic heterocycles. The minimum Gasteiger partial charge on any atom is -0.480 e. The molecule has 6 nitrogen and oxygen atoms in total. The van der Waals surface area contributed by atoms with Gasteiger partial charge >= 0.3 is 5.97 Å². The van der Waals surface area contributed by atoms with Crippen LogP contribution >= 0.6 is 0 Å². The molecule has 0 radical (unpaired) electrons. The van der Waals surface area contributed by atoms with Gasteiger partial charge in [-0.25, -0.2) is 0 Å². The molecule has 2 N–H and O–H groups in total. The molecule has 0 bridgehead atoms. The van der Waals surface area contributed by atoms with Gasteiger partial charge in [-0.2, -0.15) is 0 Å². The van der Waals surface area contributed by atoms with Crippen LogP contribution < -0.4 is 5.32 Å². The lowest BCUT2D eigenvalue weighted by molar-refractivity contribution is -0.142. The van der Waals surface area contributed by atoms with Crippen molar-refractivity contribution in [2.75, 3.05) is 0 Å². The lowest BCUT2D eigenvalue weighted by Crippen LogP contribution is -2.51. The standard InChI is InChI=1S/C17H22N2O4/c1-10(2)8-14(15(20)18-11(3)17(22)23)19-9-12-6-4-5-7-13(12)16(19)21/h4-7,10-11,14H,8-9H2,1-3H3,(H,18,20)(H,22,23)/t11-,14-/m0/s1. The van der Waals surface area contributed by atoms with Gasteiger partial charge in [0.1, 0.15) is 12.1 Å². The fourth-order valence-corrected chi connectivity index (χ4v) is 2.72. The molecule has 1 aromatic carbocycles. The van der Waals surface area contributed by atoms with Crippen LogP contribution in [0.3, 0.4) is 0 Å². The highest BCUT2D eigenvalue weighted by Crippen LogP contribution is 2.26. The van der Waals surface area contributed by atoms with Crippen LogP contribution in [0.5, 0.6) is 0 Å². The van der Waals surface area contributed by atoms with Crippen molar-refractivity contribution in [3.8, 4) is 0 Å². The molecule has 23 heavy (non-hydrogen) atoms. The van der Waals surface area contributed by atoms with Crippen molar-refractivity contribution in [2.45, 2.75) is 45.8 Å². The number of carbonyl (C=O) groups is 3. The molecule has 0 saturated carbocycles. The zero-order valence-corrected chi connectivity index (χ0v) is 13.6. The molecular weight excluding hydrogens is 296 g/mol. The second-order valence-corrected chi connectivity index (χ2v) is 6.30. The van der Waals surface area contributed by atoms with E-state index >= 15 is 0 Å². The quantitative estimate of drug-likeness (QED) is 0.835. The summed E-state index contributed by atoms with van der Waals surface area (Å²) in [5, 5.41) is 11.4. The second-order valence-electron chi connectivity index (χ2n) is 6.30. The molecule has 1 heterocycles. The number of amides is 2. The molecule has 0 spiro atoms. The summed E-state index contributed by atoms with van der Waals surface area (Å²) in [6.45, 7) is 5.72. The largest absolute Gasteiger partial charge is 0.480 e. The summed E-state index contributed by atoms with van der Waals surface area (Å²) in [4.78, 5) is 37.6. The summed E-state index contributed by atoms with van der Waals surface area (Å²) in [6, 6.07) is 5.62. The normalized spacial score (nSPS) is 16.2. The van der Waals surface area contributed by atoms with Gasteiger partial charge in [-0.05, 0) is 30.9 Å². The van der Waals surface area contributed by atoms with Crippen LogP contribution in [0.4, 0.5) is 0 Å². The van der Waals surface area contributed by atoms with Crippen molar-refractivity contribution in [3.63, 3.8) is 0 Å². The van der Waals surface area contributed by atoms with Crippen LogP contribution in [-0.2, 0) is 16.1 Å². The summed E-state index contributed by atoms with van der Waals surface area (Å²) < 4.78 is 0. The molecule has 0 aliphatic carbocycles. The van der Waals surface area contributed by atoms with E-state index in [1.165, 1.54) is 11.8 Å². The number of fused-ring (bicyclic) bond motifs is 1. The maximum absolute atomic E-state index is 12.6. The van der Waals surface area contributed by atoms with Gasteiger partial charge in [0.2, 0.25) is 5.91 Å². The van der Waals surface area contributed by atoms with Crippen LogP contribution in [0.2, 0.25) is 0 Å². The Hall–Kier alpha value is -2.37. The van der Waals surface area contributed by atoms with Gasteiger partial charge in [0.05, 0.1) is 0 Å². The van der Waals surface area contributed by atoms with Crippen molar-refractivity contribution < 1.29 is 19.5 Å². The van der Waals surface area contributed by atoms with Crippen LogP contribution in [0.1, 0.15) is 43.1 Å². The molecule has 0 fully saturated rings. The van der Waals surface area contributed by atoms with Gasteiger partial charge in [-0.1, -0.05) is 32.0 Å². The number of carbonyl (C=O) groups excluding carboxylic acids is 2. The van der Waals surface area contributed by atoms with E-state index < -0.39 is 24.0 Å². The Balaban J connectivity index is 2.21. The van der Waals surface area contributed by atoms with E-state index in [0.717, 1.165) is 5.56 Å². The smallest absolute Gasteiger partial charge is 0.325 e. The van der Waals surface area contributed by atoms with Crippen LogP contribution in [0.15, 0.2) is 24.3 Å². The minimum absolute atomic E-state index is 0.177. The van der Waals surface area contributed by atoms with Crippen molar-refractivity contribution in [2.24, 2.45) is 5.92 Å². The van der Waals surface area contributed by atoms with Gasteiger partial charge in [0.25, 0.3) is 5.91 Å². The number of aliphatic carboxylic acids is 1. The third kappa shape index (κ3) is 3.70. The lowest BCUT2D eigenvalue weighted by atomic mass is 10.0. The molecule has 2 amide bonds.